The average Bonchev–Trinajstić information content (AvgIpc) is 2.73. The van der Waals surface area contributed by atoms with Crippen molar-refractivity contribution in [3.63, 3.8) is 0 Å². The van der Waals surface area contributed by atoms with E-state index in [0.717, 1.165) is 5.56 Å². The van der Waals surface area contributed by atoms with Gasteiger partial charge in [-0.15, -0.1) is 0 Å². The fourth-order valence-electron chi connectivity index (χ4n) is 2.92. The molecule has 7 nitrogen and oxygen atoms in total. The molecule has 0 spiro atoms. The highest BCUT2D eigenvalue weighted by Crippen LogP contribution is 2.33. The molecule has 0 bridgehead atoms. The fourth-order valence-corrected chi connectivity index (χ4v) is 2.92. The summed E-state index contributed by atoms with van der Waals surface area (Å²) in [5.41, 5.74) is 3.19. The van der Waals surface area contributed by atoms with Gasteiger partial charge in [-0.3, -0.25) is 14.9 Å². The third kappa shape index (κ3) is 5.16. The van der Waals surface area contributed by atoms with Gasteiger partial charge in [-0.25, -0.2) is 4.98 Å². The number of aromatic nitrogens is 1. The maximum atomic E-state index is 12.3. The van der Waals surface area contributed by atoms with Crippen LogP contribution in [-0.4, -0.2) is 22.9 Å². The van der Waals surface area contributed by atoms with Crippen molar-refractivity contribution in [3.05, 3.63) is 82.0 Å². The number of carbonyl (C=O) groups is 1. The molecule has 0 aliphatic heterocycles. The first kappa shape index (κ1) is 20.0. The Hall–Kier alpha value is -3.74. The summed E-state index contributed by atoms with van der Waals surface area (Å²) in [6.07, 6.45) is 2.45. The van der Waals surface area contributed by atoms with Gasteiger partial charge >= 0.3 is 0 Å². The van der Waals surface area contributed by atoms with Gasteiger partial charge in [-0.05, 0) is 48.7 Å². The van der Waals surface area contributed by atoms with Crippen molar-refractivity contribution in [2.24, 2.45) is 0 Å². The van der Waals surface area contributed by atoms with Crippen LogP contribution in [0.5, 0.6) is 5.75 Å². The van der Waals surface area contributed by atoms with Crippen LogP contribution in [0.15, 0.2) is 60.8 Å². The molecule has 3 aromatic rings. The minimum absolute atomic E-state index is 0.0767. The van der Waals surface area contributed by atoms with E-state index in [-0.39, 0.29) is 11.6 Å². The van der Waals surface area contributed by atoms with Crippen LogP contribution in [-0.2, 0) is 11.2 Å². The van der Waals surface area contributed by atoms with Crippen molar-refractivity contribution < 1.29 is 14.5 Å². The highest BCUT2D eigenvalue weighted by molar-refractivity contribution is 5.90. The topological polar surface area (TPSA) is 94.4 Å². The summed E-state index contributed by atoms with van der Waals surface area (Å²) in [5, 5.41) is 14.2. The molecule has 0 radical (unpaired) electrons. The van der Waals surface area contributed by atoms with Gasteiger partial charge in [-0.2, -0.15) is 0 Å². The molecule has 0 atom stereocenters. The zero-order valence-electron chi connectivity index (χ0n) is 16.2. The number of amides is 1. The van der Waals surface area contributed by atoms with Crippen molar-refractivity contribution in [1.82, 2.24) is 4.98 Å². The van der Waals surface area contributed by atoms with Crippen molar-refractivity contribution in [1.29, 1.82) is 0 Å². The van der Waals surface area contributed by atoms with Crippen LogP contribution >= 0.6 is 0 Å². The number of nitro groups is 1. The Balaban J connectivity index is 1.73. The largest absolute Gasteiger partial charge is 0.497 e. The lowest BCUT2D eigenvalue weighted by Crippen LogP contribution is -2.13. The van der Waals surface area contributed by atoms with E-state index in [0.29, 0.717) is 35.5 Å². The molecule has 0 aliphatic rings. The Labute approximate surface area is 168 Å². The number of nitro benzene ring substituents is 1. The molecule has 3 rings (SSSR count). The highest BCUT2D eigenvalue weighted by atomic mass is 16.6. The van der Waals surface area contributed by atoms with Crippen LogP contribution in [0, 0.1) is 17.0 Å². The molecular formula is C22H21N3O4. The average molecular weight is 391 g/mol. The number of carbonyl (C=O) groups excluding carboxylic acids is 1. The molecular weight excluding hydrogens is 370 g/mol. The monoisotopic (exact) mass is 391 g/mol. The lowest BCUT2D eigenvalue weighted by Gasteiger charge is -2.08. The number of rotatable bonds is 7. The van der Waals surface area contributed by atoms with Crippen molar-refractivity contribution in [3.8, 4) is 16.9 Å². The molecule has 0 saturated heterocycles. The van der Waals surface area contributed by atoms with Gasteiger partial charge in [0.05, 0.1) is 23.7 Å². The molecule has 0 fully saturated rings. The second kappa shape index (κ2) is 8.97. The second-order valence-corrected chi connectivity index (χ2v) is 6.60. The molecule has 1 heterocycles. The molecule has 0 unspecified atom stereocenters. The summed E-state index contributed by atoms with van der Waals surface area (Å²) in [6, 6.07) is 16.0. The summed E-state index contributed by atoms with van der Waals surface area (Å²) in [6.45, 7) is 2.02. The third-order valence-electron chi connectivity index (χ3n) is 4.50. The van der Waals surface area contributed by atoms with Gasteiger partial charge in [0.2, 0.25) is 5.91 Å². The van der Waals surface area contributed by atoms with Crippen molar-refractivity contribution >= 4 is 17.4 Å². The molecule has 7 heteroatoms. The van der Waals surface area contributed by atoms with Crippen LogP contribution in [0.1, 0.15) is 17.5 Å². The zero-order chi connectivity index (χ0) is 20.8. The molecule has 1 N–H and O–H groups in total. The van der Waals surface area contributed by atoms with Crippen molar-refractivity contribution in [2.45, 2.75) is 19.8 Å². The standard InChI is InChI=1S/C22H21N3O4/c1-15-3-5-16(6-4-15)7-10-22(26)24-21-13-17(11-12-23-21)19-9-8-18(29-2)14-20(19)25(27)28/h3-6,8-9,11-14H,7,10H2,1-2H3,(H,23,24,26). The van der Waals surface area contributed by atoms with E-state index in [1.807, 2.05) is 31.2 Å². The van der Waals surface area contributed by atoms with E-state index in [9.17, 15) is 14.9 Å². The molecule has 2 aromatic carbocycles. The number of anilines is 1. The first-order valence-corrected chi connectivity index (χ1v) is 9.10. The molecule has 29 heavy (non-hydrogen) atoms. The molecule has 0 aliphatic carbocycles. The number of methoxy groups -OCH3 is 1. The fraction of sp³-hybridized carbons (Fsp3) is 0.182. The van der Waals surface area contributed by atoms with E-state index in [1.165, 1.54) is 24.9 Å². The van der Waals surface area contributed by atoms with E-state index >= 15 is 0 Å². The number of nitrogens with zero attached hydrogens (tertiary/aromatic N) is 2. The summed E-state index contributed by atoms with van der Waals surface area (Å²) in [7, 11) is 1.45. The first-order valence-electron chi connectivity index (χ1n) is 9.10. The zero-order valence-corrected chi connectivity index (χ0v) is 16.2. The van der Waals surface area contributed by atoms with E-state index in [4.69, 9.17) is 4.74 Å². The Morgan fingerprint density at radius 3 is 2.59 bits per heavy atom. The smallest absolute Gasteiger partial charge is 0.280 e. The predicted octanol–water partition coefficient (Wildman–Crippen LogP) is 4.55. The second-order valence-electron chi connectivity index (χ2n) is 6.60. The van der Waals surface area contributed by atoms with Crippen LogP contribution in [0.25, 0.3) is 11.1 Å². The number of pyridine rings is 1. The van der Waals surface area contributed by atoms with E-state index < -0.39 is 4.92 Å². The minimum atomic E-state index is -0.460. The predicted molar refractivity (Wildman–Crippen MR) is 111 cm³/mol. The Kier molecular flexibility index (Phi) is 6.19. The lowest BCUT2D eigenvalue weighted by atomic mass is 10.0. The number of benzene rings is 2. The summed E-state index contributed by atoms with van der Waals surface area (Å²) < 4.78 is 5.07. The van der Waals surface area contributed by atoms with Crippen LogP contribution in [0.4, 0.5) is 11.5 Å². The van der Waals surface area contributed by atoms with Gasteiger partial charge in [0.15, 0.2) is 0 Å². The van der Waals surface area contributed by atoms with Gasteiger partial charge in [0.1, 0.15) is 11.6 Å². The van der Waals surface area contributed by atoms with Crippen LogP contribution < -0.4 is 10.1 Å². The van der Waals surface area contributed by atoms with E-state index in [2.05, 4.69) is 10.3 Å². The van der Waals surface area contributed by atoms with E-state index in [1.54, 1.807) is 24.3 Å². The maximum absolute atomic E-state index is 12.3. The molecule has 1 amide bonds. The van der Waals surface area contributed by atoms with Crippen LogP contribution in [0.3, 0.4) is 0 Å². The normalized spacial score (nSPS) is 10.4. The van der Waals surface area contributed by atoms with Crippen LogP contribution in [0.2, 0.25) is 0 Å². The lowest BCUT2D eigenvalue weighted by molar-refractivity contribution is -0.384. The number of ether oxygens (including phenoxy) is 1. The molecule has 0 saturated carbocycles. The van der Waals surface area contributed by atoms with Gasteiger partial charge in [0.25, 0.3) is 5.69 Å². The Morgan fingerprint density at radius 2 is 1.90 bits per heavy atom. The van der Waals surface area contributed by atoms with Gasteiger partial charge in [-0.1, -0.05) is 29.8 Å². The Bertz CT molecular complexity index is 1030. The summed E-state index contributed by atoms with van der Waals surface area (Å²) in [4.78, 5) is 27.4. The number of aryl methyl sites for hydroxylation is 2. The quantitative estimate of drug-likeness (QED) is 0.471. The summed E-state index contributed by atoms with van der Waals surface area (Å²) in [5.74, 6) is 0.583. The number of hydrogen-bond donors (Lipinski definition) is 1. The van der Waals surface area contributed by atoms with Gasteiger partial charge in [0, 0.05) is 12.6 Å². The molecule has 148 valence electrons. The maximum Gasteiger partial charge on any atom is 0.280 e. The first-order chi connectivity index (χ1) is 14.0. The minimum Gasteiger partial charge on any atom is -0.497 e. The Morgan fingerprint density at radius 1 is 1.14 bits per heavy atom. The van der Waals surface area contributed by atoms with Gasteiger partial charge < -0.3 is 10.1 Å². The molecule has 1 aromatic heterocycles. The summed E-state index contributed by atoms with van der Waals surface area (Å²) >= 11 is 0. The highest BCUT2D eigenvalue weighted by Gasteiger charge is 2.17. The number of hydrogen-bond acceptors (Lipinski definition) is 5. The van der Waals surface area contributed by atoms with Crippen molar-refractivity contribution in [2.75, 3.05) is 12.4 Å². The SMILES string of the molecule is COc1ccc(-c2ccnc(NC(=O)CCc3ccc(C)cc3)c2)c([N+](=O)[O-])c1. The third-order valence-corrected chi connectivity index (χ3v) is 4.50. The number of nitrogens with one attached hydrogen (secondary N) is 1.